The minimum atomic E-state index is -4.10. The highest BCUT2D eigenvalue weighted by Crippen LogP contribution is 2.35. The van der Waals surface area contributed by atoms with Gasteiger partial charge in [0.05, 0.1) is 10.4 Å². The van der Waals surface area contributed by atoms with Gasteiger partial charge in [0.1, 0.15) is 5.75 Å². The summed E-state index contributed by atoms with van der Waals surface area (Å²) in [5.74, 6) is -1.21. The number of phenols is 2. The maximum absolute atomic E-state index is 13.3. The fraction of sp³-hybridized carbons (Fsp3) is 0.0909. The molecule has 0 spiro atoms. The molecular formula is C22H18N2O7S. The summed E-state index contributed by atoms with van der Waals surface area (Å²) < 4.78 is 33.2. The van der Waals surface area contributed by atoms with Gasteiger partial charge in [-0.15, -0.1) is 0 Å². The van der Waals surface area contributed by atoms with Crippen molar-refractivity contribution in [1.82, 2.24) is 8.96 Å². The number of carbonyl (C=O) groups is 1. The van der Waals surface area contributed by atoms with Crippen LogP contribution in [0, 0.1) is 0 Å². The van der Waals surface area contributed by atoms with Gasteiger partial charge in [-0.05, 0) is 48.4 Å². The highest BCUT2D eigenvalue weighted by atomic mass is 32.2. The summed E-state index contributed by atoms with van der Waals surface area (Å²) in [5.41, 5.74) is 0.533. The lowest BCUT2D eigenvalue weighted by molar-refractivity contribution is -0.136. The molecule has 0 fully saturated rings. The van der Waals surface area contributed by atoms with Crippen molar-refractivity contribution in [2.45, 2.75) is 17.7 Å². The molecule has 0 amide bonds. The Morgan fingerprint density at radius 2 is 1.75 bits per heavy atom. The summed E-state index contributed by atoms with van der Waals surface area (Å²) in [6.45, 7) is 0. The molecule has 0 aliphatic carbocycles. The van der Waals surface area contributed by atoms with Crippen molar-refractivity contribution < 1.29 is 33.3 Å². The van der Waals surface area contributed by atoms with Crippen LogP contribution in [0.3, 0.4) is 0 Å². The Balaban J connectivity index is 1.73. The molecule has 0 atom stereocenters. The summed E-state index contributed by atoms with van der Waals surface area (Å²) in [4.78, 5) is 15.0. The average Bonchev–Trinajstić information content (AvgIpc) is 3.12. The fourth-order valence-corrected chi connectivity index (χ4v) is 4.63. The molecule has 0 saturated carbocycles. The predicted molar refractivity (Wildman–Crippen MR) is 115 cm³/mol. The molecule has 2 aromatic carbocycles. The van der Waals surface area contributed by atoms with Crippen LogP contribution in [-0.4, -0.2) is 38.7 Å². The fourth-order valence-electron chi connectivity index (χ4n) is 3.25. The van der Waals surface area contributed by atoms with Gasteiger partial charge in [-0.1, -0.05) is 6.07 Å². The van der Waals surface area contributed by atoms with Crippen LogP contribution < -0.4 is 4.74 Å². The van der Waals surface area contributed by atoms with Crippen LogP contribution in [-0.2, 0) is 21.2 Å². The second kappa shape index (κ2) is 8.23. The Hall–Kier alpha value is -4.05. The van der Waals surface area contributed by atoms with Crippen LogP contribution in [0.1, 0.15) is 12.0 Å². The van der Waals surface area contributed by atoms with Crippen molar-refractivity contribution in [1.29, 1.82) is 0 Å². The third-order valence-electron chi connectivity index (χ3n) is 4.80. The molecule has 0 radical (unpaired) electrons. The van der Waals surface area contributed by atoms with Crippen molar-refractivity contribution in [3.63, 3.8) is 0 Å². The van der Waals surface area contributed by atoms with Gasteiger partial charge in [0.2, 0.25) is 5.88 Å². The highest BCUT2D eigenvalue weighted by molar-refractivity contribution is 7.90. The lowest BCUT2D eigenvalue weighted by Crippen LogP contribution is -2.11. The van der Waals surface area contributed by atoms with Gasteiger partial charge in [0, 0.05) is 36.3 Å². The Labute approximate surface area is 182 Å². The summed E-state index contributed by atoms with van der Waals surface area (Å²) >= 11 is 0. The zero-order chi connectivity index (χ0) is 22.9. The Morgan fingerprint density at radius 3 is 2.41 bits per heavy atom. The monoisotopic (exact) mass is 454 g/mol. The number of fused-ring (bicyclic) bond motifs is 1. The van der Waals surface area contributed by atoms with E-state index in [4.69, 9.17) is 9.84 Å². The molecule has 32 heavy (non-hydrogen) atoms. The van der Waals surface area contributed by atoms with E-state index in [0.717, 1.165) is 10.0 Å². The second-order valence-electron chi connectivity index (χ2n) is 6.95. The molecule has 2 heterocycles. The molecule has 9 nitrogen and oxygen atoms in total. The normalized spacial score (nSPS) is 11.5. The lowest BCUT2D eigenvalue weighted by Gasteiger charge is -2.09. The van der Waals surface area contributed by atoms with E-state index >= 15 is 0 Å². The number of pyridine rings is 1. The number of benzene rings is 2. The number of aryl methyl sites for hydroxylation is 1. The maximum Gasteiger partial charge on any atom is 0.303 e. The third-order valence-corrected chi connectivity index (χ3v) is 6.49. The number of ether oxygens (including phenoxy) is 1. The first-order valence-corrected chi connectivity index (χ1v) is 10.9. The zero-order valence-electron chi connectivity index (χ0n) is 16.5. The van der Waals surface area contributed by atoms with Gasteiger partial charge in [-0.3, -0.25) is 4.79 Å². The first-order chi connectivity index (χ1) is 15.3. The van der Waals surface area contributed by atoms with Gasteiger partial charge >= 0.3 is 5.97 Å². The van der Waals surface area contributed by atoms with E-state index in [1.165, 1.54) is 36.5 Å². The number of phenolic OH excluding ortho intramolecular Hbond substituents is 2. The molecule has 4 aromatic rings. The molecule has 3 N–H and O–H groups in total. The molecule has 10 heteroatoms. The largest absolute Gasteiger partial charge is 0.504 e. The third kappa shape index (κ3) is 4.08. The van der Waals surface area contributed by atoms with Crippen molar-refractivity contribution in [2.75, 3.05) is 0 Å². The molecular weight excluding hydrogens is 436 g/mol. The zero-order valence-corrected chi connectivity index (χ0v) is 17.4. The van der Waals surface area contributed by atoms with Gasteiger partial charge in [0.25, 0.3) is 10.0 Å². The molecule has 0 aliphatic heterocycles. The van der Waals surface area contributed by atoms with Crippen LogP contribution in [0.15, 0.2) is 71.9 Å². The van der Waals surface area contributed by atoms with E-state index in [1.54, 1.807) is 24.4 Å². The number of nitrogens with zero attached hydrogens (tertiary/aromatic N) is 2. The van der Waals surface area contributed by atoms with Crippen molar-refractivity contribution in [3.05, 3.63) is 72.6 Å². The number of aromatic hydroxyl groups is 2. The second-order valence-corrected chi connectivity index (χ2v) is 8.76. The lowest BCUT2D eigenvalue weighted by atomic mass is 10.1. The Bertz CT molecular complexity index is 1400. The number of hydrogen-bond donors (Lipinski definition) is 3. The van der Waals surface area contributed by atoms with Crippen LogP contribution in [0.25, 0.3) is 10.9 Å². The van der Waals surface area contributed by atoms with E-state index in [-0.39, 0.29) is 23.3 Å². The maximum atomic E-state index is 13.3. The number of rotatable bonds is 7. The van der Waals surface area contributed by atoms with E-state index in [2.05, 4.69) is 4.98 Å². The summed E-state index contributed by atoms with van der Waals surface area (Å²) in [6, 6.07) is 13.2. The van der Waals surface area contributed by atoms with E-state index in [0.29, 0.717) is 22.6 Å². The molecule has 164 valence electrons. The van der Waals surface area contributed by atoms with E-state index in [1.807, 2.05) is 0 Å². The predicted octanol–water partition coefficient (Wildman–Crippen LogP) is 3.49. The summed E-state index contributed by atoms with van der Waals surface area (Å²) in [7, 11) is -4.10. The van der Waals surface area contributed by atoms with Crippen molar-refractivity contribution in [2.24, 2.45) is 0 Å². The van der Waals surface area contributed by atoms with Gasteiger partial charge in [-0.2, -0.15) is 0 Å². The first-order valence-electron chi connectivity index (χ1n) is 9.48. The number of hydrogen-bond acceptors (Lipinski definition) is 7. The molecule has 0 aliphatic rings. The molecule has 0 unspecified atom stereocenters. The number of aromatic nitrogens is 2. The first kappa shape index (κ1) is 21.2. The Kier molecular flexibility index (Phi) is 5.45. The summed E-state index contributed by atoms with van der Waals surface area (Å²) in [5, 5.41) is 29.1. The number of carboxylic acid groups (broad SMARTS) is 1. The van der Waals surface area contributed by atoms with Crippen LogP contribution in [0.2, 0.25) is 0 Å². The number of carboxylic acids is 1. The standard InChI is InChI=1S/C22H18N2O7S/c25-19-11-17-14(4-9-22(27)28)13-24(18(17)12-20(19)26)32(29,30)16-7-5-15(6-8-16)31-21-3-1-2-10-23-21/h1-3,5-8,10-13,25-26H,4,9H2,(H,27,28). The Morgan fingerprint density at radius 1 is 1.03 bits per heavy atom. The van der Waals surface area contributed by atoms with Gasteiger partial charge in [-0.25, -0.2) is 17.4 Å². The smallest absolute Gasteiger partial charge is 0.303 e. The van der Waals surface area contributed by atoms with Gasteiger partial charge in [0.15, 0.2) is 11.5 Å². The topological polar surface area (TPSA) is 139 Å². The molecule has 0 bridgehead atoms. The summed E-state index contributed by atoms with van der Waals surface area (Å²) in [6.07, 6.45) is 2.70. The quantitative estimate of drug-likeness (QED) is 0.361. The molecule has 4 rings (SSSR count). The average molecular weight is 454 g/mol. The minimum Gasteiger partial charge on any atom is -0.504 e. The van der Waals surface area contributed by atoms with Crippen molar-refractivity contribution >= 4 is 26.9 Å². The van der Waals surface area contributed by atoms with Gasteiger partial charge < -0.3 is 20.1 Å². The SMILES string of the molecule is O=C(O)CCc1cn(S(=O)(=O)c2ccc(Oc3ccccn3)cc2)c2cc(O)c(O)cc12. The van der Waals surface area contributed by atoms with E-state index < -0.39 is 27.5 Å². The molecule has 0 saturated heterocycles. The van der Waals surface area contributed by atoms with Crippen LogP contribution in [0.4, 0.5) is 0 Å². The van der Waals surface area contributed by atoms with Crippen LogP contribution in [0.5, 0.6) is 23.1 Å². The van der Waals surface area contributed by atoms with Crippen molar-refractivity contribution in [3.8, 4) is 23.1 Å². The molecule has 2 aromatic heterocycles. The number of aliphatic carboxylic acids is 1. The highest BCUT2D eigenvalue weighted by Gasteiger charge is 2.23. The van der Waals surface area contributed by atoms with E-state index in [9.17, 15) is 23.4 Å². The minimum absolute atomic E-state index is 0.0416. The van der Waals surface area contributed by atoms with Crippen LogP contribution >= 0.6 is 0 Å².